The predicted octanol–water partition coefficient (Wildman–Crippen LogP) is 2.01. The van der Waals surface area contributed by atoms with Gasteiger partial charge in [0.1, 0.15) is 6.04 Å². The van der Waals surface area contributed by atoms with E-state index in [2.05, 4.69) is 21.2 Å². The third kappa shape index (κ3) is 4.03. The minimum atomic E-state index is -1.03. The monoisotopic (exact) mass is 314 g/mol. The molecule has 0 spiro atoms. The number of amides is 1. The van der Waals surface area contributed by atoms with E-state index in [1.165, 1.54) is 6.07 Å². The van der Waals surface area contributed by atoms with Crippen molar-refractivity contribution >= 4 is 33.5 Å². The Morgan fingerprint density at radius 2 is 2.11 bits per heavy atom. The van der Waals surface area contributed by atoms with Crippen LogP contribution >= 0.6 is 15.9 Å². The van der Waals surface area contributed by atoms with Gasteiger partial charge in [0.05, 0.1) is 0 Å². The van der Waals surface area contributed by atoms with Gasteiger partial charge >= 0.3 is 5.97 Å². The summed E-state index contributed by atoms with van der Waals surface area (Å²) in [6, 6.07) is 3.89. The first-order valence-electron chi connectivity index (χ1n) is 5.53. The molecular formula is C12H15BrN2O3. The largest absolute Gasteiger partial charge is 0.480 e. The van der Waals surface area contributed by atoms with Gasteiger partial charge in [-0.05, 0) is 24.6 Å². The van der Waals surface area contributed by atoms with Gasteiger partial charge in [0.15, 0.2) is 0 Å². The summed E-state index contributed by atoms with van der Waals surface area (Å²) >= 11 is 3.23. The van der Waals surface area contributed by atoms with Crippen LogP contribution in [0.3, 0.4) is 0 Å². The maximum atomic E-state index is 11.9. The van der Waals surface area contributed by atoms with Crippen molar-refractivity contribution in [2.24, 2.45) is 0 Å². The van der Waals surface area contributed by atoms with E-state index in [4.69, 9.17) is 10.8 Å². The zero-order valence-corrected chi connectivity index (χ0v) is 11.5. The lowest BCUT2D eigenvalue weighted by Crippen LogP contribution is -2.40. The van der Waals surface area contributed by atoms with E-state index < -0.39 is 17.9 Å². The lowest BCUT2D eigenvalue weighted by molar-refractivity contribution is -0.139. The van der Waals surface area contributed by atoms with Gasteiger partial charge in [-0.25, -0.2) is 4.79 Å². The molecule has 5 nitrogen and oxygen atoms in total. The normalized spacial score (nSPS) is 11.9. The number of carboxylic acids is 1. The maximum Gasteiger partial charge on any atom is 0.326 e. The molecular weight excluding hydrogens is 300 g/mol. The van der Waals surface area contributed by atoms with Crippen molar-refractivity contribution in [3.05, 3.63) is 28.2 Å². The smallest absolute Gasteiger partial charge is 0.326 e. The molecule has 0 aliphatic heterocycles. The van der Waals surface area contributed by atoms with Crippen LogP contribution in [0, 0.1) is 0 Å². The SMILES string of the molecule is CCC[C@@H](NC(=O)c1cc(N)cc(Br)c1)C(=O)O. The molecule has 0 bridgehead atoms. The maximum absolute atomic E-state index is 11.9. The van der Waals surface area contributed by atoms with Gasteiger partial charge in [-0.15, -0.1) is 0 Å². The fourth-order valence-corrected chi connectivity index (χ4v) is 2.04. The van der Waals surface area contributed by atoms with Crippen LogP contribution in [0.1, 0.15) is 30.1 Å². The number of rotatable bonds is 5. The summed E-state index contributed by atoms with van der Waals surface area (Å²) in [5.74, 6) is -1.47. The van der Waals surface area contributed by atoms with Crippen molar-refractivity contribution in [3.63, 3.8) is 0 Å². The molecule has 4 N–H and O–H groups in total. The molecule has 0 radical (unpaired) electrons. The Morgan fingerprint density at radius 3 is 2.61 bits per heavy atom. The van der Waals surface area contributed by atoms with E-state index >= 15 is 0 Å². The number of hydrogen-bond acceptors (Lipinski definition) is 3. The standard InChI is InChI=1S/C12H15BrN2O3/c1-2-3-10(12(17)18)15-11(16)7-4-8(13)6-9(14)5-7/h4-6,10H,2-3,14H2,1H3,(H,15,16)(H,17,18)/t10-/m1/s1. The number of hydrogen-bond donors (Lipinski definition) is 3. The molecule has 0 aromatic heterocycles. The van der Waals surface area contributed by atoms with Crippen LogP contribution in [0.5, 0.6) is 0 Å². The second-order valence-corrected chi connectivity index (χ2v) is 4.84. The number of carboxylic acid groups (broad SMARTS) is 1. The second-order valence-electron chi connectivity index (χ2n) is 3.93. The van der Waals surface area contributed by atoms with Crippen molar-refractivity contribution in [2.45, 2.75) is 25.8 Å². The van der Waals surface area contributed by atoms with Crippen LogP contribution < -0.4 is 11.1 Å². The molecule has 6 heteroatoms. The molecule has 0 saturated heterocycles. The Hall–Kier alpha value is -1.56. The third-order valence-corrected chi connectivity index (χ3v) is 2.82. The fourth-order valence-electron chi connectivity index (χ4n) is 1.53. The number of carbonyl (C=O) groups excluding carboxylic acids is 1. The van der Waals surface area contributed by atoms with E-state index in [0.29, 0.717) is 28.6 Å². The van der Waals surface area contributed by atoms with Gasteiger partial charge in [-0.2, -0.15) is 0 Å². The summed E-state index contributed by atoms with van der Waals surface area (Å²) in [5, 5.41) is 11.4. The number of nitrogens with two attached hydrogens (primary N) is 1. The first kappa shape index (κ1) is 14.5. The summed E-state index contributed by atoms with van der Waals surface area (Å²) in [4.78, 5) is 22.8. The van der Waals surface area contributed by atoms with E-state index in [1.54, 1.807) is 12.1 Å². The van der Waals surface area contributed by atoms with Crippen LogP contribution in [-0.4, -0.2) is 23.0 Å². The summed E-state index contributed by atoms with van der Waals surface area (Å²) in [7, 11) is 0. The molecule has 0 saturated carbocycles. The molecule has 0 unspecified atom stereocenters. The first-order chi connectivity index (χ1) is 8.43. The molecule has 1 aromatic rings. The highest BCUT2D eigenvalue weighted by atomic mass is 79.9. The molecule has 0 fully saturated rings. The summed E-state index contributed by atoms with van der Waals surface area (Å²) in [5.41, 5.74) is 6.40. The van der Waals surface area contributed by atoms with Crippen LogP contribution in [0.25, 0.3) is 0 Å². The van der Waals surface area contributed by atoms with Crippen molar-refractivity contribution in [1.29, 1.82) is 0 Å². The highest BCUT2D eigenvalue weighted by Crippen LogP contribution is 2.17. The van der Waals surface area contributed by atoms with Crippen molar-refractivity contribution in [2.75, 3.05) is 5.73 Å². The van der Waals surface area contributed by atoms with E-state index in [1.807, 2.05) is 6.92 Å². The molecule has 1 amide bonds. The first-order valence-corrected chi connectivity index (χ1v) is 6.33. The van der Waals surface area contributed by atoms with Crippen LogP contribution in [0.15, 0.2) is 22.7 Å². The molecule has 0 aliphatic carbocycles. The molecule has 1 aromatic carbocycles. The van der Waals surface area contributed by atoms with Crippen LogP contribution in [-0.2, 0) is 4.79 Å². The van der Waals surface area contributed by atoms with Crippen molar-refractivity contribution < 1.29 is 14.7 Å². The molecule has 1 atom stereocenters. The third-order valence-electron chi connectivity index (χ3n) is 2.36. The molecule has 98 valence electrons. The highest BCUT2D eigenvalue weighted by molar-refractivity contribution is 9.10. The lowest BCUT2D eigenvalue weighted by Gasteiger charge is -2.13. The minimum Gasteiger partial charge on any atom is -0.480 e. The Balaban J connectivity index is 2.83. The van der Waals surface area contributed by atoms with Crippen LogP contribution in [0.4, 0.5) is 5.69 Å². The second kappa shape index (κ2) is 6.39. The zero-order chi connectivity index (χ0) is 13.7. The average Bonchev–Trinajstić information content (AvgIpc) is 2.26. The van der Waals surface area contributed by atoms with Gasteiger partial charge in [0, 0.05) is 15.7 Å². The van der Waals surface area contributed by atoms with Gasteiger partial charge in [-0.1, -0.05) is 29.3 Å². The Bertz CT molecular complexity index is 442. The Labute approximate surface area is 113 Å². The van der Waals surface area contributed by atoms with Crippen molar-refractivity contribution in [1.82, 2.24) is 5.32 Å². The number of carbonyl (C=O) groups is 2. The highest BCUT2D eigenvalue weighted by Gasteiger charge is 2.19. The van der Waals surface area contributed by atoms with Gasteiger partial charge < -0.3 is 16.2 Å². The zero-order valence-electron chi connectivity index (χ0n) is 9.94. The van der Waals surface area contributed by atoms with Gasteiger partial charge in [0.2, 0.25) is 0 Å². The summed E-state index contributed by atoms with van der Waals surface area (Å²) in [6.45, 7) is 1.86. The molecule has 0 heterocycles. The number of nitrogens with one attached hydrogen (secondary N) is 1. The fraction of sp³-hybridized carbons (Fsp3) is 0.333. The lowest BCUT2D eigenvalue weighted by atomic mass is 10.1. The molecule has 18 heavy (non-hydrogen) atoms. The molecule has 0 aliphatic rings. The Kier molecular flexibility index (Phi) is 5.15. The van der Waals surface area contributed by atoms with E-state index in [0.717, 1.165) is 0 Å². The summed E-state index contributed by atoms with van der Waals surface area (Å²) < 4.78 is 0.676. The minimum absolute atomic E-state index is 0.337. The number of halogens is 1. The number of benzene rings is 1. The van der Waals surface area contributed by atoms with Gasteiger partial charge in [-0.3, -0.25) is 4.79 Å². The van der Waals surface area contributed by atoms with Crippen molar-refractivity contribution in [3.8, 4) is 0 Å². The number of nitrogen functional groups attached to an aromatic ring is 1. The number of aliphatic carboxylic acids is 1. The average molecular weight is 315 g/mol. The predicted molar refractivity (Wildman–Crippen MR) is 72.4 cm³/mol. The molecule has 1 rings (SSSR count). The number of anilines is 1. The Morgan fingerprint density at radius 1 is 1.44 bits per heavy atom. The quantitative estimate of drug-likeness (QED) is 0.725. The summed E-state index contributed by atoms with van der Waals surface area (Å²) in [6.07, 6.45) is 1.07. The van der Waals surface area contributed by atoms with E-state index in [9.17, 15) is 9.59 Å². The van der Waals surface area contributed by atoms with Crippen LogP contribution in [0.2, 0.25) is 0 Å². The topological polar surface area (TPSA) is 92.4 Å². The van der Waals surface area contributed by atoms with Gasteiger partial charge in [0.25, 0.3) is 5.91 Å². The van der Waals surface area contributed by atoms with E-state index in [-0.39, 0.29) is 0 Å².